The molecule has 2 heterocycles. The van der Waals surface area contributed by atoms with Crippen LogP contribution in [0.15, 0.2) is 58.4 Å². The van der Waals surface area contributed by atoms with E-state index in [4.69, 9.17) is 21.1 Å². The molecule has 9 heteroatoms. The van der Waals surface area contributed by atoms with Gasteiger partial charge in [0.1, 0.15) is 5.82 Å². The van der Waals surface area contributed by atoms with Crippen LogP contribution in [0.3, 0.4) is 0 Å². The molecule has 2 atom stereocenters. The van der Waals surface area contributed by atoms with Gasteiger partial charge in [0.05, 0.1) is 11.8 Å². The van der Waals surface area contributed by atoms with Crippen LogP contribution < -0.4 is 10.3 Å². The molecule has 166 valence electrons. The number of aromatic nitrogens is 1. The Kier molecular flexibility index (Phi) is 6.39. The SMILES string of the molecule is CC1N=C(c2ccc(Cl)cc2)c2cc(F)c(CCNS(=O)O)cc2-c2cn(C)c(=O)cc21. The van der Waals surface area contributed by atoms with Crippen molar-refractivity contribution >= 4 is 28.6 Å². The van der Waals surface area contributed by atoms with Crippen molar-refractivity contribution in [3.63, 3.8) is 0 Å². The molecule has 0 saturated heterocycles. The number of pyridine rings is 1. The summed E-state index contributed by atoms with van der Waals surface area (Å²) in [7, 11) is 1.67. The second-order valence-electron chi connectivity index (χ2n) is 7.63. The lowest BCUT2D eigenvalue weighted by Crippen LogP contribution is -2.20. The molecule has 0 spiro atoms. The lowest BCUT2D eigenvalue weighted by molar-refractivity contribution is 0.547. The van der Waals surface area contributed by atoms with Gasteiger partial charge in [0.15, 0.2) is 0 Å². The summed E-state index contributed by atoms with van der Waals surface area (Å²) < 4.78 is 38.8. The van der Waals surface area contributed by atoms with Crippen molar-refractivity contribution < 1.29 is 13.2 Å². The molecule has 0 radical (unpaired) electrons. The maximum atomic E-state index is 15.1. The van der Waals surface area contributed by atoms with E-state index < -0.39 is 17.1 Å². The number of hydrogen-bond acceptors (Lipinski definition) is 3. The Morgan fingerprint density at radius 1 is 1.19 bits per heavy atom. The normalized spacial score (nSPS) is 16.0. The summed E-state index contributed by atoms with van der Waals surface area (Å²) >= 11 is 3.88. The molecule has 0 fully saturated rings. The van der Waals surface area contributed by atoms with Crippen molar-refractivity contribution in [3.8, 4) is 11.1 Å². The fourth-order valence-corrected chi connectivity index (χ4v) is 4.29. The Hall–Kier alpha value is -2.65. The van der Waals surface area contributed by atoms with Gasteiger partial charge in [0, 0.05) is 47.6 Å². The Balaban J connectivity index is 1.95. The van der Waals surface area contributed by atoms with Gasteiger partial charge in [0.2, 0.25) is 11.3 Å². The molecule has 0 saturated carbocycles. The number of hydrogen-bond donors (Lipinski definition) is 2. The Morgan fingerprint density at radius 3 is 2.59 bits per heavy atom. The summed E-state index contributed by atoms with van der Waals surface area (Å²) in [6.07, 6.45) is 1.96. The van der Waals surface area contributed by atoms with Gasteiger partial charge in [-0.15, -0.1) is 0 Å². The Labute approximate surface area is 192 Å². The summed E-state index contributed by atoms with van der Waals surface area (Å²) in [5.74, 6) is -0.433. The van der Waals surface area contributed by atoms with Crippen molar-refractivity contribution in [1.29, 1.82) is 0 Å². The third kappa shape index (κ3) is 4.45. The number of aryl methyl sites for hydroxylation is 1. The van der Waals surface area contributed by atoms with Gasteiger partial charge in [-0.05, 0) is 54.3 Å². The van der Waals surface area contributed by atoms with Gasteiger partial charge in [-0.1, -0.05) is 23.7 Å². The zero-order valence-corrected chi connectivity index (χ0v) is 19.0. The molecule has 2 unspecified atom stereocenters. The maximum Gasteiger partial charge on any atom is 0.250 e. The molecule has 4 rings (SSSR count). The summed E-state index contributed by atoms with van der Waals surface area (Å²) in [5, 5.41) is 0.581. The number of aliphatic imine (C=N–C) groups is 1. The van der Waals surface area contributed by atoms with Crippen LogP contribution in [0.1, 0.15) is 35.2 Å². The molecular formula is C23H21ClFN3O3S. The van der Waals surface area contributed by atoms with E-state index in [1.165, 1.54) is 10.6 Å². The highest BCUT2D eigenvalue weighted by atomic mass is 35.5. The predicted molar refractivity (Wildman–Crippen MR) is 125 cm³/mol. The van der Waals surface area contributed by atoms with Crippen LogP contribution in [-0.4, -0.2) is 25.6 Å². The highest BCUT2D eigenvalue weighted by molar-refractivity contribution is 7.77. The summed E-state index contributed by atoms with van der Waals surface area (Å²) in [5.41, 5.74) is 4.53. The lowest BCUT2D eigenvalue weighted by Gasteiger charge is -2.15. The van der Waals surface area contributed by atoms with E-state index in [9.17, 15) is 9.00 Å². The third-order valence-electron chi connectivity index (χ3n) is 5.50. The molecule has 1 aliphatic rings. The van der Waals surface area contributed by atoms with Crippen LogP contribution in [0.5, 0.6) is 0 Å². The number of fused-ring (bicyclic) bond motifs is 3. The van der Waals surface area contributed by atoms with Crippen molar-refractivity contribution in [1.82, 2.24) is 9.29 Å². The van der Waals surface area contributed by atoms with Crippen LogP contribution in [0.25, 0.3) is 11.1 Å². The van der Waals surface area contributed by atoms with Crippen molar-refractivity contribution in [2.75, 3.05) is 6.54 Å². The standard InChI is InChI=1S/C23H21ClFN3O3S/c1-13-17-11-22(29)28(2)12-20(17)18-9-15(7-8-26-32(30)31)21(25)10-19(18)23(27-13)14-3-5-16(24)6-4-14/h3-6,9-13,26H,7-8H2,1-2H3,(H,30,31). The molecule has 0 aliphatic carbocycles. The number of benzene rings is 2. The quantitative estimate of drug-likeness (QED) is 0.549. The third-order valence-corrected chi connectivity index (χ3v) is 6.21. The van der Waals surface area contributed by atoms with Crippen molar-refractivity contribution in [3.05, 3.63) is 92.1 Å². The van der Waals surface area contributed by atoms with Gasteiger partial charge < -0.3 is 4.57 Å². The van der Waals surface area contributed by atoms with E-state index in [1.807, 2.05) is 19.1 Å². The fraction of sp³-hybridized carbons (Fsp3) is 0.217. The highest BCUT2D eigenvalue weighted by Crippen LogP contribution is 2.38. The fourth-order valence-electron chi connectivity index (χ4n) is 3.89. The zero-order chi connectivity index (χ0) is 23.0. The van der Waals surface area contributed by atoms with Gasteiger partial charge in [-0.2, -0.15) is 0 Å². The number of nitrogens with zero attached hydrogens (tertiary/aromatic N) is 2. The first-order chi connectivity index (χ1) is 15.2. The monoisotopic (exact) mass is 473 g/mol. The highest BCUT2D eigenvalue weighted by Gasteiger charge is 2.25. The van der Waals surface area contributed by atoms with Gasteiger partial charge in [-0.25, -0.2) is 13.3 Å². The minimum absolute atomic E-state index is 0.132. The van der Waals surface area contributed by atoms with Gasteiger partial charge >= 0.3 is 0 Å². The first kappa shape index (κ1) is 22.5. The average Bonchev–Trinajstić information content (AvgIpc) is 2.84. The zero-order valence-electron chi connectivity index (χ0n) is 17.4. The molecule has 6 nitrogen and oxygen atoms in total. The maximum absolute atomic E-state index is 15.1. The topological polar surface area (TPSA) is 83.7 Å². The van der Waals surface area contributed by atoms with Crippen LogP contribution in [-0.2, 0) is 24.7 Å². The summed E-state index contributed by atoms with van der Waals surface area (Å²) in [6, 6.07) is 11.6. The second kappa shape index (κ2) is 9.07. The Bertz CT molecular complexity index is 1310. The van der Waals surface area contributed by atoms with Gasteiger partial charge in [0.25, 0.3) is 5.56 Å². The molecule has 3 aromatic rings. The van der Waals surface area contributed by atoms with E-state index in [2.05, 4.69) is 4.72 Å². The van der Waals surface area contributed by atoms with Crippen molar-refractivity contribution in [2.45, 2.75) is 19.4 Å². The summed E-state index contributed by atoms with van der Waals surface area (Å²) in [4.78, 5) is 17.2. The number of nitrogens with one attached hydrogen (secondary N) is 1. The molecular weight excluding hydrogens is 453 g/mol. The van der Waals surface area contributed by atoms with Crippen LogP contribution in [0.2, 0.25) is 5.02 Å². The van der Waals surface area contributed by atoms with Gasteiger partial charge in [-0.3, -0.25) is 14.3 Å². The van der Waals surface area contributed by atoms with Crippen LogP contribution in [0, 0.1) is 5.82 Å². The molecule has 0 amide bonds. The minimum Gasteiger partial charge on any atom is -0.318 e. The average molecular weight is 474 g/mol. The lowest BCUT2D eigenvalue weighted by atomic mass is 9.90. The van der Waals surface area contributed by atoms with E-state index in [0.29, 0.717) is 21.9 Å². The Morgan fingerprint density at radius 2 is 1.91 bits per heavy atom. The molecule has 1 aromatic heterocycles. The number of halogens is 2. The molecule has 2 N–H and O–H groups in total. The van der Waals surface area contributed by atoms with Crippen LogP contribution >= 0.6 is 11.6 Å². The van der Waals surface area contributed by atoms with Crippen LogP contribution in [0.4, 0.5) is 4.39 Å². The van der Waals surface area contributed by atoms with E-state index in [0.717, 1.165) is 22.3 Å². The molecule has 32 heavy (non-hydrogen) atoms. The molecule has 2 aromatic carbocycles. The smallest absolute Gasteiger partial charge is 0.250 e. The summed E-state index contributed by atoms with van der Waals surface area (Å²) in [6.45, 7) is 2.03. The second-order valence-corrected chi connectivity index (χ2v) is 8.86. The largest absolute Gasteiger partial charge is 0.318 e. The van der Waals surface area contributed by atoms with Crippen molar-refractivity contribution in [2.24, 2.45) is 12.0 Å². The molecule has 1 aliphatic heterocycles. The first-order valence-corrected chi connectivity index (χ1v) is 11.4. The first-order valence-electron chi connectivity index (χ1n) is 9.96. The predicted octanol–water partition coefficient (Wildman–Crippen LogP) is 4.03. The molecule has 0 bridgehead atoms. The van der Waals surface area contributed by atoms with E-state index >= 15 is 4.39 Å². The number of rotatable bonds is 5. The minimum atomic E-state index is -2.17. The van der Waals surface area contributed by atoms with E-state index in [-0.39, 0.29) is 24.6 Å². The van der Waals surface area contributed by atoms with E-state index in [1.54, 1.807) is 37.5 Å².